The Morgan fingerprint density at radius 2 is 2.47 bits per heavy atom. The van der Waals surface area contributed by atoms with Crippen LogP contribution in [-0.2, 0) is 4.79 Å². The van der Waals surface area contributed by atoms with Crippen LogP contribution in [0.3, 0.4) is 0 Å². The highest BCUT2D eigenvalue weighted by Gasteiger charge is 1.98. The lowest BCUT2D eigenvalue weighted by Crippen LogP contribution is -2.12. The maximum absolute atomic E-state index is 11.1. The molecule has 6 heteroatoms. The molecule has 0 saturated heterocycles. The average Bonchev–Trinajstić information content (AvgIpc) is 2.26. The van der Waals surface area contributed by atoms with E-state index in [2.05, 4.69) is 29.3 Å². The van der Waals surface area contributed by atoms with E-state index in [0.717, 1.165) is 11.2 Å². The van der Waals surface area contributed by atoms with Crippen molar-refractivity contribution in [2.75, 3.05) is 5.32 Å². The number of halogens is 1. The van der Waals surface area contributed by atoms with Gasteiger partial charge in [-0.05, 0) is 27.6 Å². The zero-order valence-electron chi connectivity index (χ0n) is 7.98. The Balaban J connectivity index is 2.73. The second kappa shape index (κ2) is 6.85. The SMILES string of the molecule is C=CC(=O)Nc1cccc([B]I=NP)c1. The molecule has 1 amide bonds. The van der Waals surface area contributed by atoms with E-state index in [0.29, 0.717) is 0 Å². The van der Waals surface area contributed by atoms with Crippen LogP contribution in [0.25, 0.3) is 0 Å². The molecule has 1 radical (unpaired) electrons. The molecular formula is C9H10BIN2OP. The molecule has 0 spiro atoms. The number of amides is 1. The van der Waals surface area contributed by atoms with Gasteiger partial charge >= 0.3 is 0 Å². The Morgan fingerprint density at radius 1 is 1.67 bits per heavy atom. The maximum atomic E-state index is 11.1. The first-order chi connectivity index (χ1) is 7.26. The third kappa shape index (κ3) is 4.66. The second-order valence-corrected chi connectivity index (χ2v) is 5.67. The normalized spacial score (nSPS) is 10.5. The quantitative estimate of drug-likeness (QED) is 0.390. The zero-order chi connectivity index (χ0) is 11.1. The lowest BCUT2D eigenvalue weighted by molar-refractivity contribution is -0.111. The van der Waals surface area contributed by atoms with Gasteiger partial charge in [0, 0.05) is 5.69 Å². The molecular weight excluding hydrogens is 321 g/mol. The van der Waals surface area contributed by atoms with Gasteiger partial charge in [-0.2, -0.15) is 0 Å². The molecule has 0 bridgehead atoms. The third-order valence-corrected chi connectivity index (χ3v) is 3.65. The van der Waals surface area contributed by atoms with Crippen LogP contribution in [0.1, 0.15) is 0 Å². The van der Waals surface area contributed by atoms with Gasteiger partial charge in [0.05, 0.1) is 0 Å². The smallest absolute Gasteiger partial charge is 0.256 e. The fraction of sp³-hybridized carbons (Fsp3) is 0. The molecule has 0 aliphatic carbocycles. The average molecular weight is 331 g/mol. The number of carbonyl (C=O) groups excluding carboxylic acids is 1. The first-order valence-corrected chi connectivity index (χ1v) is 6.88. The topological polar surface area (TPSA) is 41.5 Å². The zero-order valence-corrected chi connectivity index (χ0v) is 11.3. The van der Waals surface area contributed by atoms with Gasteiger partial charge in [-0.25, -0.2) is 0 Å². The van der Waals surface area contributed by atoms with Crippen molar-refractivity contribution >= 4 is 52.4 Å². The number of hydrogen-bond acceptors (Lipinski definition) is 2. The molecule has 1 aromatic carbocycles. The minimum absolute atomic E-state index is 0.197. The largest absolute Gasteiger partial charge is 0.323 e. The standard InChI is InChI=1S/C9H10BIN2OP/c1-2-9(14)12-8-5-3-4-7(6-8)10-11-13-15/h2-6H,1,15H2,(H,12,14). The predicted molar refractivity (Wildman–Crippen MR) is 76.8 cm³/mol. The molecule has 0 saturated carbocycles. The maximum Gasteiger partial charge on any atom is 0.256 e. The van der Waals surface area contributed by atoms with Crippen LogP contribution in [0, 0.1) is 0 Å². The molecule has 1 aromatic rings. The highest BCUT2D eigenvalue weighted by atomic mass is 127. The summed E-state index contributed by atoms with van der Waals surface area (Å²) in [5.74, 6) is -0.197. The molecule has 0 aromatic heterocycles. The lowest BCUT2D eigenvalue weighted by atomic mass is 9.96. The van der Waals surface area contributed by atoms with E-state index in [-0.39, 0.29) is 26.7 Å². The molecule has 0 aliphatic rings. The summed E-state index contributed by atoms with van der Waals surface area (Å²) in [4.78, 5) is 11.1. The van der Waals surface area contributed by atoms with Gasteiger partial charge in [0.25, 0.3) is 5.14 Å². The molecule has 0 fully saturated rings. The Morgan fingerprint density at radius 3 is 3.13 bits per heavy atom. The van der Waals surface area contributed by atoms with Gasteiger partial charge in [-0.3, -0.25) is 7.71 Å². The summed E-state index contributed by atoms with van der Waals surface area (Å²) in [7, 11) is 2.36. The van der Waals surface area contributed by atoms with Crippen LogP contribution in [-0.4, -0.2) is 11.0 Å². The van der Waals surface area contributed by atoms with Crippen molar-refractivity contribution in [3.63, 3.8) is 0 Å². The molecule has 77 valence electrons. The van der Waals surface area contributed by atoms with E-state index in [1.54, 1.807) is 0 Å². The fourth-order valence-corrected chi connectivity index (χ4v) is 2.21. The van der Waals surface area contributed by atoms with Gasteiger partial charge in [0.15, 0.2) is 0 Å². The lowest BCUT2D eigenvalue weighted by Gasteiger charge is -2.03. The summed E-state index contributed by atoms with van der Waals surface area (Å²) in [6, 6.07) is 7.64. The number of benzene rings is 1. The molecule has 1 rings (SSSR count). The van der Waals surface area contributed by atoms with Crippen molar-refractivity contribution < 1.29 is 4.79 Å². The first kappa shape index (κ1) is 12.5. The van der Waals surface area contributed by atoms with Crippen molar-refractivity contribution in [2.24, 2.45) is 2.92 Å². The minimum Gasteiger partial charge on any atom is -0.323 e. The number of nitrogens with zero attached hydrogens (tertiary/aromatic N) is 1. The Kier molecular flexibility index (Phi) is 5.72. The predicted octanol–water partition coefficient (Wildman–Crippen LogP) is 2.00. The van der Waals surface area contributed by atoms with Crippen molar-refractivity contribution in [1.29, 1.82) is 0 Å². The van der Waals surface area contributed by atoms with Crippen LogP contribution in [0.4, 0.5) is 5.69 Å². The minimum atomic E-state index is -0.258. The highest BCUT2D eigenvalue weighted by Crippen LogP contribution is 2.07. The van der Waals surface area contributed by atoms with Crippen LogP contribution < -0.4 is 10.8 Å². The van der Waals surface area contributed by atoms with Crippen LogP contribution in [0.5, 0.6) is 0 Å². The molecule has 1 N–H and O–H groups in total. The highest BCUT2D eigenvalue weighted by molar-refractivity contribution is 14.2. The fourth-order valence-electron chi connectivity index (χ4n) is 0.962. The van der Waals surface area contributed by atoms with Crippen molar-refractivity contribution in [3.05, 3.63) is 36.9 Å². The number of anilines is 1. The van der Waals surface area contributed by atoms with E-state index >= 15 is 0 Å². The van der Waals surface area contributed by atoms with Gasteiger partial charge in [0.2, 0.25) is 5.91 Å². The van der Waals surface area contributed by atoms with Gasteiger partial charge in [0.1, 0.15) is 0 Å². The summed E-state index contributed by atoms with van der Waals surface area (Å²) in [5, 5.41) is 4.79. The summed E-state index contributed by atoms with van der Waals surface area (Å²) < 4.78 is 4.01. The van der Waals surface area contributed by atoms with Gasteiger partial charge < -0.3 is 5.32 Å². The Hall–Kier alpha value is -0.545. The van der Waals surface area contributed by atoms with E-state index < -0.39 is 0 Å². The van der Waals surface area contributed by atoms with Crippen molar-refractivity contribution in [3.8, 4) is 0 Å². The summed E-state index contributed by atoms with van der Waals surface area (Å²) in [5.41, 5.74) is 1.86. The van der Waals surface area contributed by atoms with Crippen LogP contribution in [0.15, 0.2) is 39.8 Å². The number of rotatable bonds is 4. The van der Waals surface area contributed by atoms with E-state index in [1.165, 1.54) is 6.08 Å². The number of nitrogens with one attached hydrogen (secondary N) is 1. The van der Waals surface area contributed by atoms with Crippen molar-refractivity contribution in [1.82, 2.24) is 0 Å². The van der Waals surface area contributed by atoms with E-state index in [4.69, 9.17) is 0 Å². The van der Waals surface area contributed by atoms with E-state index in [1.807, 2.05) is 24.3 Å². The Labute approximate surface area is 102 Å². The Bertz CT molecular complexity index is 397. The molecule has 1 atom stereocenters. The van der Waals surface area contributed by atoms with Crippen LogP contribution >= 0.6 is 30.2 Å². The summed E-state index contributed by atoms with van der Waals surface area (Å²) in [6.07, 6.45) is 1.25. The second-order valence-electron chi connectivity index (χ2n) is 2.62. The third-order valence-electron chi connectivity index (χ3n) is 1.57. The number of hydrogen-bond donors (Lipinski definition) is 1. The molecule has 15 heavy (non-hydrogen) atoms. The molecule has 0 heterocycles. The molecule has 1 unspecified atom stereocenters. The van der Waals surface area contributed by atoms with E-state index in [9.17, 15) is 4.79 Å². The van der Waals surface area contributed by atoms with Gasteiger partial charge in [-0.1, -0.05) is 45.0 Å². The first-order valence-electron chi connectivity index (χ1n) is 4.16. The van der Waals surface area contributed by atoms with Crippen LogP contribution in [0.2, 0.25) is 0 Å². The monoisotopic (exact) mass is 331 g/mol. The van der Waals surface area contributed by atoms with Gasteiger partial charge in [-0.15, -0.1) is 0 Å². The summed E-state index contributed by atoms with van der Waals surface area (Å²) in [6.45, 7) is 3.40. The number of carbonyl (C=O) groups is 1. The van der Waals surface area contributed by atoms with Crippen molar-refractivity contribution in [2.45, 2.75) is 0 Å². The molecule has 3 nitrogen and oxygen atoms in total. The summed E-state index contributed by atoms with van der Waals surface area (Å²) >= 11 is -0.258. The molecule has 0 aliphatic heterocycles.